The zero-order valence-electron chi connectivity index (χ0n) is 20.8. The fourth-order valence-electron chi connectivity index (χ4n) is 3.45. The summed E-state index contributed by atoms with van der Waals surface area (Å²) in [5.41, 5.74) is 2.80. The Hall–Kier alpha value is -4.10. The average Bonchev–Trinajstić information content (AvgIpc) is 2.91. The number of benzene rings is 3. The molecule has 0 heterocycles. The summed E-state index contributed by atoms with van der Waals surface area (Å²) in [5.74, 6) is 2.54. The van der Waals surface area contributed by atoms with Gasteiger partial charge in [0.2, 0.25) is 5.75 Å². The molecule has 0 aliphatic heterocycles. The fourth-order valence-corrected chi connectivity index (χ4v) is 3.70. The second-order valence-electron chi connectivity index (χ2n) is 7.44. The van der Waals surface area contributed by atoms with Crippen LogP contribution >= 0.6 is 11.6 Å². The van der Waals surface area contributed by atoms with Gasteiger partial charge in [0, 0.05) is 29.6 Å². The van der Waals surface area contributed by atoms with E-state index in [0.717, 1.165) is 11.1 Å². The number of rotatable bonds is 11. The van der Waals surface area contributed by atoms with Crippen LogP contribution in [-0.4, -0.2) is 41.3 Å². The number of carbonyl (C=O) groups excluding carboxylic acids is 1. The van der Waals surface area contributed by atoms with Crippen LogP contribution in [0, 0.1) is 0 Å². The number of hydrogen-bond donors (Lipinski definition) is 1. The van der Waals surface area contributed by atoms with E-state index < -0.39 is 0 Å². The Kier molecular flexibility index (Phi) is 9.25. The van der Waals surface area contributed by atoms with Crippen LogP contribution in [0.3, 0.4) is 0 Å². The summed E-state index contributed by atoms with van der Waals surface area (Å²) >= 11 is 6.38. The highest BCUT2D eigenvalue weighted by Crippen LogP contribution is 2.39. The predicted octanol–water partition coefficient (Wildman–Crippen LogP) is 6.36. The maximum Gasteiger partial charge on any atom is 0.203 e. The maximum absolute atomic E-state index is 12.6. The summed E-state index contributed by atoms with van der Waals surface area (Å²) in [6.45, 7) is 0. The molecular formula is C28H28ClNO6. The molecule has 36 heavy (non-hydrogen) atoms. The zero-order valence-corrected chi connectivity index (χ0v) is 21.5. The molecule has 0 aliphatic carbocycles. The van der Waals surface area contributed by atoms with Crippen molar-refractivity contribution in [3.63, 3.8) is 0 Å². The smallest absolute Gasteiger partial charge is 0.203 e. The van der Waals surface area contributed by atoms with Crippen molar-refractivity contribution >= 4 is 35.2 Å². The normalized spacial score (nSPS) is 10.9. The van der Waals surface area contributed by atoms with Crippen LogP contribution < -0.4 is 29.0 Å². The van der Waals surface area contributed by atoms with E-state index in [9.17, 15) is 4.79 Å². The lowest BCUT2D eigenvalue weighted by molar-refractivity contribution is 0.104. The Morgan fingerprint density at radius 2 is 1.50 bits per heavy atom. The van der Waals surface area contributed by atoms with E-state index in [0.29, 0.717) is 45.0 Å². The highest BCUT2D eigenvalue weighted by molar-refractivity contribution is 6.32. The quantitative estimate of drug-likeness (QED) is 0.183. The molecule has 0 saturated heterocycles. The van der Waals surface area contributed by atoms with Gasteiger partial charge in [-0.3, -0.25) is 4.79 Å². The first kappa shape index (κ1) is 26.5. The van der Waals surface area contributed by atoms with E-state index in [1.807, 2.05) is 24.3 Å². The number of ether oxygens (including phenoxy) is 5. The number of hydrogen-bond acceptors (Lipinski definition) is 7. The molecule has 3 aromatic rings. The third-order valence-corrected chi connectivity index (χ3v) is 5.59. The van der Waals surface area contributed by atoms with Crippen molar-refractivity contribution in [2.45, 2.75) is 0 Å². The molecule has 3 rings (SSSR count). The molecule has 0 bridgehead atoms. The summed E-state index contributed by atoms with van der Waals surface area (Å²) in [6, 6.07) is 14.2. The zero-order chi connectivity index (χ0) is 26.1. The minimum absolute atomic E-state index is 0.170. The molecular weight excluding hydrogens is 482 g/mol. The van der Waals surface area contributed by atoms with Crippen LogP contribution in [0.15, 0.2) is 60.8 Å². The van der Waals surface area contributed by atoms with E-state index in [1.54, 1.807) is 78.1 Å². The van der Waals surface area contributed by atoms with E-state index >= 15 is 0 Å². The van der Waals surface area contributed by atoms with Gasteiger partial charge in [0.05, 0.1) is 40.6 Å². The van der Waals surface area contributed by atoms with Gasteiger partial charge in [-0.15, -0.1) is 0 Å². The molecule has 0 amide bonds. The lowest BCUT2D eigenvalue weighted by Crippen LogP contribution is -1.98. The number of ketones is 1. The molecule has 0 aromatic heterocycles. The Morgan fingerprint density at radius 3 is 2.11 bits per heavy atom. The SMILES string of the molecule is COc1cccc(C(=O)/C=C\Nc2cc(OC)c(Cl)cc2/C=C\c2cc(OC)c(OC)c(OC)c2)c1. The predicted molar refractivity (Wildman–Crippen MR) is 143 cm³/mol. The highest BCUT2D eigenvalue weighted by atomic mass is 35.5. The molecule has 0 aliphatic rings. The lowest BCUT2D eigenvalue weighted by atomic mass is 10.1. The molecule has 1 N–H and O–H groups in total. The van der Waals surface area contributed by atoms with Crippen LogP contribution in [0.1, 0.15) is 21.5 Å². The molecule has 0 saturated carbocycles. The van der Waals surface area contributed by atoms with Gasteiger partial charge in [0.1, 0.15) is 11.5 Å². The number of allylic oxidation sites excluding steroid dienone is 1. The van der Waals surface area contributed by atoms with Crippen LogP contribution in [-0.2, 0) is 0 Å². The lowest BCUT2D eigenvalue weighted by Gasteiger charge is -2.13. The van der Waals surface area contributed by atoms with Crippen molar-refractivity contribution in [2.24, 2.45) is 0 Å². The van der Waals surface area contributed by atoms with Crippen molar-refractivity contribution in [3.8, 4) is 28.7 Å². The van der Waals surface area contributed by atoms with E-state index in [1.165, 1.54) is 6.08 Å². The van der Waals surface area contributed by atoms with Crippen LogP contribution in [0.5, 0.6) is 28.7 Å². The molecule has 0 spiro atoms. The average molecular weight is 510 g/mol. The van der Waals surface area contributed by atoms with Gasteiger partial charge >= 0.3 is 0 Å². The Morgan fingerprint density at radius 1 is 0.806 bits per heavy atom. The van der Waals surface area contributed by atoms with Crippen LogP contribution in [0.4, 0.5) is 5.69 Å². The molecule has 0 radical (unpaired) electrons. The minimum atomic E-state index is -0.170. The van der Waals surface area contributed by atoms with Gasteiger partial charge in [-0.05, 0) is 41.5 Å². The van der Waals surface area contributed by atoms with E-state index in [-0.39, 0.29) is 5.78 Å². The largest absolute Gasteiger partial charge is 0.497 e. The van der Waals surface area contributed by atoms with Gasteiger partial charge in [-0.25, -0.2) is 0 Å². The van der Waals surface area contributed by atoms with Gasteiger partial charge in [-0.2, -0.15) is 0 Å². The van der Waals surface area contributed by atoms with Gasteiger partial charge in [-0.1, -0.05) is 35.9 Å². The Balaban J connectivity index is 1.90. The third kappa shape index (κ3) is 6.31. The summed E-state index contributed by atoms with van der Waals surface area (Å²) in [4.78, 5) is 12.6. The molecule has 7 nitrogen and oxygen atoms in total. The first-order chi connectivity index (χ1) is 17.4. The van der Waals surface area contributed by atoms with Gasteiger partial charge in [0.15, 0.2) is 17.3 Å². The number of methoxy groups -OCH3 is 5. The fraction of sp³-hybridized carbons (Fsp3) is 0.179. The second kappa shape index (κ2) is 12.6. The van der Waals surface area contributed by atoms with Gasteiger partial charge in [0.25, 0.3) is 0 Å². The molecule has 188 valence electrons. The number of nitrogens with one attached hydrogen (secondary N) is 1. The number of anilines is 1. The van der Waals surface area contributed by atoms with Crippen molar-refractivity contribution in [3.05, 3.63) is 82.5 Å². The number of carbonyl (C=O) groups is 1. The number of halogens is 1. The van der Waals surface area contributed by atoms with Crippen molar-refractivity contribution in [2.75, 3.05) is 40.9 Å². The van der Waals surface area contributed by atoms with Crippen molar-refractivity contribution in [1.29, 1.82) is 0 Å². The molecule has 0 fully saturated rings. The Bertz CT molecular complexity index is 1260. The van der Waals surface area contributed by atoms with Crippen LogP contribution in [0.25, 0.3) is 12.2 Å². The third-order valence-electron chi connectivity index (χ3n) is 5.29. The van der Waals surface area contributed by atoms with Crippen molar-refractivity contribution < 1.29 is 28.5 Å². The molecule has 0 atom stereocenters. The van der Waals surface area contributed by atoms with Crippen LogP contribution in [0.2, 0.25) is 5.02 Å². The summed E-state index contributed by atoms with van der Waals surface area (Å²) < 4.78 is 26.8. The highest BCUT2D eigenvalue weighted by Gasteiger charge is 2.13. The van der Waals surface area contributed by atoms with Crippen molar-refractivity contribution in [1.82, 2.24) is 0 Å². The Labute approximate surface area is 215 Å². The first-order valence-electron chi connectivity index (χ1n) is 10.9. The molecule has 8 heteroatoms. The second-order valence-corrected chi connectivity index (χ2v) is 7.85. The maximum atomic E-state index is 12.6. The van der Waals surface area contributed by atoms with Gasteiger partial charge < -0.3 is 29.0 Å². The summed E-state index contributed by atoms with van der Waals surface area (Å²) in [7, 11) is 7.78. The van der Waals surface area contributed by atoms with E-state index in [4.69, 9.17) is 35.3 Å². The summed E-state index contributed by atoms with van der Waals surface area (Å²) in [5, 5.41) is 3.60. The standard InChI is InChI=1S/C28H28ClNO6/c1-32-21-8-6-7-20(15-21)24(31)11-12-30-23-17-25(33-2)22(29)16-19(23)10-9-18-13-26(34-3)28(36-5)27(14-18)35-4/h6-17,30H,1-5H3/b10-9-,12-11-. The monoisotopic (exact) mass is 509 g/mol. The molecule has 0 unspecified atom stereocenters. The topological polar surface area (TPSA) is 75.3 Å². The first-order valence-corrected chi connectivity index (χ1v) is 11.3. The molecule has 3 aromatic carbocycles. The van der Waals surface area contributed by atoms with E-state index in [2.05, 4.69) is 5.32 Å². The summed E-state index contributed by atoms with van der Waals surface area (Å²) in [6.07, 6.45) is 6.79. The minimum Gasteiger partial charge on any atom is -0.497 e.